The zero-order chi connectivity index (χ0) is 12.7. The summed E-state index contributed by atoms with van der Waals surface area (Å²) in [6.45, 7) is 6.55. The fourth-order valence-electron chi connectivity index (χ4n) is 1.58. The Kier molecular flexibility index (Phi) is 5.53. The molecule has 0 radical (unpaired) electrons. The molecule has 1 atom stereocenters. The minimum Gasteiger partial charge on any atom is -0.370 e. The summed E-state index contributed by atoms with van der Waals surface area (Å²) in [5, 5.41) is 3.09. The standard InChI is InChI=1S/C14H23N3/c1-11(2)9-10-12(3)16-14(15)17-13-7-5-4-6-8-13/h4-8,11-12H,9-10H2,1-3H3,(H3,15,16,17). The van der Waals surface area contributed by atoms with E-state index in [1.807, 2.05) is 30.3 Å². The maximum atomic E-state index is 5.85. The van der Waals surface area contributed by atoms with Crippen LogP contribution in [0.15, 0.2) is 35.3 Å². The van der Waals surface area contributed by atoms with Crippen LogP contribution in [0.1, 0.15) is 33.6 Å². The van der Waals surface area contributed by atoms with E-state index in [1.54, 1.807) is 0 Å². The summed E-state index contributed by atoms with van der Waals surface area (Å²) in [6.07, 6.45) is 2.26. The zero-order valence-corrected chi connectivity index (χ0v) is 11.0. The lowest BCUT2D eigenvalue weighted by molar-refractivity contribution is 0.515. The number of nitrogens with zero attached hydrogens (tertiary/aromatic N) is 1. The van der Waals surface area contributed by atoms with Crippen molar-refractivity contribution in [2.75, 3.05) is 5.32 Å². The summed E-state index contributed by atoms with van der Waals surface area (Å²) in [5.74, 6) is 1.21. The lowest BCUT2D eigenvalue weighted by Crippen LogP contribution is -2.24. The molecule has 0 saturated carbocycles. The van der Waals surface area contributed by atoms with Crippen molar-refractivity contribution in [2.45, 2.75) is 39.7 Å². The van der Waals surface area contributed by atoms with Gasteiger partial charge in [-0.3, -0.25) is 4.99 Å². The average Bonchev–Trinajstić information content (AvgIpc) is 2.27. The first-order valence-electron chi connectivity index (χ1n) is 6.23. The Hall–Kier alpha value is -1.51. The SMILES string of the molecule is CC(C)CCC(C)N=C(N)Nc1ccccc1. The molecular weight excluding hydrogens is 210 g/mol. The fraction of sp³-hybridized carbons (Fsp3) is 0.500. The smallest absolute Gasteiger partial charge is 0.193 e. The molecule has 0 amide bonds. The lowest BCUT2D eigenvalue weighted by Gasteiger charge is -2.11. The molecule has 1 rings (SSSR count). The van der Waals surface area contributed by atoms with Gasteiger partial charge in [0.25, 0.3) is 0 Å². The Morgan fingerprint density at radius 3 is 2.41 bits per heavy atom. The Morgan fingerprint density at radius 1 is 1.18 bits per heavy atom. The third-order valence-electron chi connectivity index (χ3n) is 2.57. The van der Waals surface area contributed by atoms with Gasteiger partial charge in [-0.15, -0.1) is 0 Å². The molecule has 0 fully saturated rings. The van der Waals surface area contributed by atoms with Crippen LogP contribution in [0.3, 0.4) is 0 Å². The summed E-state index contributed by atoms with van der Waals surface area (Å²) >= 11 is 0. The van der Waals surface area contributed by atoms with Crippen LogP contribution in [0.4, 0.5) is 5.69 Å². The van der Waals surface area contributed by atoms with Crippen LogP contribution in [-0.2, 0) is 0 Å². The Balaban J connectivity index is 2.43. The minimum atomic E-state index is 0.272. The van der Waals surface area contributed by atoms with E-state index in [1.165, 1.54) is 6.42 Å². The summed E-state index contributed by atoms with van der Waals surface area (Å²) in [7, 11) is 0. The van der Waals surface area contributed by atoms with E-state index in [4.69, 9.17) is 5.73 Å². The van der Waals surface area contributed by atoms with Gasteiger partial charge in [-0.2, -0.15) is 0 Å². The molecule has 17 heavy (non-hydrogen) atoms. The number of hydrogen-bond acceptors (Lipinski definition) is 1. The predicted molar refractivity (Wildman–Crippen MR) is 75.2 cm³/mol. The first-order chi connectivity index (χ1) is 8.08. The van der Waals surface area contributed by atoms with Gasteiger partial charge in [0.15, 0.2) is 5.96 Å². The van der Waals surface area contributed by atoms with E-state index in [2.05, 4.69) is 31.1 Å². The van der Waals surface area contributed by atoms with E-state index in [0.717, 1.165) is 18.0 Å². The van der Waals surface area contributed by atoms with Crippen molar-refractivity contribution in [1.82, 2.24) is 0 Å². The predicted octanol–water partition coefficient (Wildman–Crippen LogP) is 3.24. The molecule has 0 spiro atoms. The maximum absolute atomic E-state index is 5.85. The number of anilines is 1. The van der Waals surface area contributed by atoms with Gasteiger partial charge in [0.1, 0.15) is 0 Å². The quantitative estimate of drug-likeness (QED) is 0.606. The Morgan fingerprint density at radius 2 is 1.82 bits per heavy atom. The van der Waals surface area contributed by atoms with Crippen LogP contribution in [-0.4, -0.2) is 12.0 Å². The molecule has 1 unspecified atom stereocenters. The van der Waals surface area contributed by atoms with Crippen molar-refractivity contribution >= 4 is 11.6 Å². The number of benzene rings is 1. The first-order valence-corrected chi connectivity index (χ1v) is 6.23. The van der Waals surface area contributed by atoms with E-state index in [-0.39, 0.29) is 6.04 Å². The van der Waals surface area contributed by atoms with Crippen LogP contribution in [0.5, 0.6) is 0 Å². The third-order valence-corrected chi connectivity index (χ3v) is 2.57. The second kappa shape index (κ2) is 6.94. The molecule has 94 valence electrons. The number of rotatable bonds is 5. The van der Waals surface area contributed by atoms with Gasteiger partial charge >= 0.3 is 0 Å². The molecule has 0 bridgehead atoms. The van der Waals surface area contributed by atoms with Gasteiger partial charge in [-0.05, 0) is 37.8 Å². The highest BCUT2D eigenvalue weighted by Crippen LogP contribution is 2.09. The second-order valence-electron chi connectivity index (χ2n) is 4.83. The van der Waals surface area contributed by atoms with Crippen molar-refractivity contribution in [1.29, 1.82) is 0 Å². The number of hydrogen-bond donors (Lipinski definition) is 2. The molecule has 0 heterocycles. The van der Waals surface area contributed by atoms with Crippen LogP contribution in [0, 0.1) is 5.92 Å². The van der Waals surface area contributed by atoms with Crippen molar-refractivity contribution < 1.29 is 0 Å². The fourth-order valence-corrected chi connectivity index (χ4v) is 1.58. The zero-order valence-electron chi connectivity index (χ0n) is 11.0. The molecule has 0 aliphatic rings. The molecule has 3 heteroatoms. The second-order valence-corrected chi connectivity index (χ2v) is 4.83. The number of aliphatic imine (C=N–C) groups is 1. The molecule has 0 saturated heterocycles. The van der Waals surface area contributed by atoms with Crippen LogP contribution in [0.2, 0.25) is 0 Å². The lowest BCUT2D eigenvalue weighted by atomic mass is 10.1. The summed E-state index contributed by atoms with van der Waals surface area (Å²) in [5.41, 5.74) is 6.83. The number of nitrogens with one attached hydrogen (secondary N) is 1. The molecule has 0 aliphatic carbocycles. The van der Waals surface area contributed by atoms with Gasteiger partial charge in [-0.1, -0.05) is 32.0 Å². The molecule has 0 aromatic heterocycles. The number of nitrogens with two attached hydrogens (primary N) is 1. The monoisotopic (exact) mass is 233 g/mol. The highest BCUT2D eigenvalue weighted by molar-refractivity contribution is 5.92. The Labute approximate surface area is 104 Å². The molecule has 3 nitrogen and oxygen atoms in total. The molecule has 3 N–H and O–H groups in total. The average molecular weight is 233 g/mol. The van der Waals surface area contributed by atoms with Gasteiger partial charge in [0.2, 0.25) is 0 Å². The van der Waals surface area contributed by atoms with Crippen molar-refractivity contribution in [3.8, 4) is 0 Å². The van der Waals surface area contributed by atoms with E-state index in [9.17, 15) is 0 Å². The highest BCUT2D eigenvalue weighted by Gasteiger charge is 2.03. The van der Waals surface area contributed by atoms with Crippen LogP contribution >= 0.6 is 0 Å². The Bertz CT molecular complexity index is 344. The topological polar surface area (TPSA) is 50.4 Å². The molecule has 1 aromatic rings. The van der Waals surface area contributed by atoms with Crippen molar-refractivity contribution in [2.24, 2.45) is 16.6 Å². The summed E-state index contributed by atoms with van der Waals surface area (Å²) in [4.78, 5) is 4.43. The van der Waals surface area contributed by atoms with Crippen molar-refractivity contribution in [3.05, 3.63) is 30.3 Å². The molecule has 0 aliphatic heterocycles. The molecule has 1 aromatic carbocycles. The molecular formula is C14H23N3. The first kappa shape index (κ1) is 13.6. The summed E-state index contributed by atoms with van der Waals surface area (Å²) < 4.78 is 0. The van der Waals surface area contributed by atoms with Gasteiger partial charge in [0, 0.05) is 5.69 Å². The minimum absolute atomic E-state index is 0.272. The van der Waals surface area contributed by atoms with E-state index >= 15 is 0 Å². The number of guanidine groups is 1. The van der Waals surface area contributed by atoms with Crippen LogP contribution < -0.4 is 11.1 Å². The normalized spacial score (nSPS) is 13.8. The van der Waals surface area contributed by atoms with Crippen LogP contribution in [0.25, 0.3) is 0 Å². The van der Waals surface area contributed by atoms with E-state index < -0.39 is 0 Å². The maximum Gasteiger partial charge on any atom is 0.193 e. The highest BCUT2D eigenvalue weighted by atomic mass is 15.1. The third kappa shape index (κ3) is 5.95. The van der Waals surface area contributed by atoms with E-state index in [0.29, 0.717) is 5.96 Å². The number of para-hydroxylation sites is 1. The largest absolute Gasteiger partial charge is 0.370 e. The van der Waals surface area contributed by atoms with Gasteiger partial charge in [-0.25, -0.2) is 0 Å². The van der Waals surface area contributed by atoms with Gasteiger partial charge < -0.3 is 11.1 Å². The summed E-state index contributed by atoms with van der Waals surface area (Å²) in [6, 6.07) is 10.1. The van der Waals surface area contributed by atoms with Crippen molar-refractivity contribution in [3.63, 3.8) is 0 Å². The van der Waals surface area contributed by atoms with Gasteiger partial charge in [0.05, 0.1) is 6.04 Å².